The molecule has 0 N–H and O–H groups in total. The second-order valence-corrected chi connectivity index (χ2v) is 7.93. The molecule has 5 rings (SSSR count). The Labute approximate surface area is 195 Å². The van der Waals surface area contributed by atoms with E-state index in [1.165, 1.54) is 12.1 Å². The van der Waals surface area contributed by atoms with E-state index >= 15 is 0 Å². The van der Waals surface area contributed by atoms with E-state index in [-0.39, 0.29) is 13.2 Å². The summed E-state index contributed by atoms with van der Waals surface area (Å²) < 4.78 is 49.0. The van der Waals surface area contributed by atoms with Gasteiger partial charge >= 0.3 is 0 Å². The summed E-state index contributed by atoms with van der Waals surface area (Å²) >= 11 is 0. The number of nitrogens with zero attached hydrogens (tertiary/aromatic N) is 3. The maximum absolute atomic E-state index is 13.9. The van der Waals surface area contributed by atoms with Gasteiger partial charge in [-0.05, 0) is 47.9 Å². The highest BCUT2D eigenvalue weighted by molar-refractivity contribution is 5.88. The third kappa shape index (κ3) is 3.77. The lowest BCUT2D eigenvalue weighted by molar-refractivity contribution is 0.181. The molecule has 1 aliphatic rings. The van der Waals surface area contributed by atoms with Crippen LogP contribution in [0.3, 0.4) is 0 Å². The molecule has 5 nitrogen and oxygen atoms in total. The number of rotatable bonds is 4. The summed E-state index contributed by atoms with van der Waals surface area (Å²) in [6, 6.07) is 18.1. The molecule has 164 valence electrons. The van der Waals surface area contributed by atoms with Crippen molar-refractivity contribution in [3.63, 3.8) is 0 Å². The van der Waals surface area contributed by atoms with Crippen LogP contribution in [0.25, 0.3) is 11.2 Å². The van der Waals surface area contributed by atoms with Crippen LogP contribution >= 0.6 is 0 Å². The molecule has 3 heterocycles. The maximum Gasteiger partial charge on any atom is 0.137 e. The van der Waals surface area contributed by atoms with Gasteiger partial charge in [0.1, 0.15) is 23.8 Å². The molecule has 1 aliphatic heterocycles. The van der Waals surface area contributed by atoms with E-state index in [4.69, 9.17) is 13.6 Å². The van der Waals surface area contributed by atoms with Crippen LogP contribution in [0.5, 0.6) is 5.75 Å². The molecule has 0 unspecified atom stereocenters. The molecule has 0 aliphatic carbocycles. The van der Waals surface area contributed by atoms with Gasteiger partial charge < -0.3 is 13.9 Å². The number of hydrogen-bond donors (Lipinski definition) is 0. The Kier molecular flexibility index (Phi) is 4.55. The van der Waals surface area contributed by atoms with Gasteiger partial charge in [0.2, 0.25) is 0 Å². The summed E-state index contributed by atoms with van der Waals surface area (Å²) in [5.41, 5.74) is 6.63. The highest BCUT2D eigenvalue weighted by atomic mass is 19.1. The molecule has 0 radical (unpaired) electrons. The Hall–Kier alpha value is -3.95. The molecule has 33 heavy (non-hydrogen) atoms. The Morgan fingerprint density at radius 2 is 2.12 bits per heavy atom. The average molecular weight is 443 g/mol. The number of allylic oxidation sites excluding steroid dienone is 1. The van der Waals surface area contributed by atoms with E-state index < -0.39 is 12.9 Å². The smallest absolute Gasteiger partial charge is 0.137 e. The first-order valence-electron chi connectivity index (χ1n) is 12.0. The molecule has 4 aromatic rings. The molecule has 0 bridgehead atoms. The van der Waals surface area contributed by atoms with Crippen LogP contribution in [0.4, 0.5) is 4.39 Å². The summed E-state index contributed by atoms with van der Waals surface area (Å²) in [6.45, 7) is 1.81. The van der Waals surface area contributed by atoms with Gasteiger partial charge in [-0.2, -0.15) is 5.26 Å². The lowest BCUT2D eigenvalue weighted by Gasteiger charge is -2.13. The van der Waals surface area contributed by atoms with Gasteiger partial charge in [0.25, 0.3) is 0 Å². The zero-order chi connectivity index (χ0) is 25.4. The first kappa shape index (κ1) is 17.6. The van der Waals surface area contributed by atoms with Crippen molar-refractivity contribution in [1.29, 1.82) is 5.26 Å². The Morgan fingerprint density at radius 3 is 2.97 bits per heavy atom. The molecular weight excluding hydrogens is 417 g/mol. The zero-order valence-electron chi connectivity index (χ0n) is 20.9. The molecule has 2 aromatic heterocycles. The van der Waals surface area contributed by atoms with Crippen molar-refractivity contribution < 1.29 is 18.0 Å². The fraction of sp³-hybridized carbons (Fsp3) is 0.185. The number of aromatic nitrogens is 2. The van der Waals surface area contributed by atoms with Crippen LogP contribution in [0.2, 0.25) is 0 Å². The topological polar surface area (TPSA) is 59.6 Å². The minimum Gasteiger partial charge on any atom is -0.488 e. The first-order valence-corrected chi connectivity index (χ1v) is 10.5. The molecule has 0 fully saturated rings. The number of ether oxygens (including phenoxy) is 2. The molecule has 0 saturated heterocycles. The third-order valence-corrected chi connectivity index (χ3v) is 5.87. The fourth-order valence-corrected chi connectivity index (χ4v) is 4.36. The lowest BCUT2D eigenvalue weighted by Crippen LogP contribution is -2.02. The quantitative estimate of drug-likeness (QED) is 0.395. The summed E-state index contributed by atoms with van der Waals surface area (Å²) in [7, 11) is -2.52. The van der Waals surface area contributed by atoms with Crippen LogP contribution in [-0.2, 0) is 24.4 Å². The fourth-order valence-electron chi connectivity index (χ4n) is 4.36. The standard InChI is InChI=1S/C27H22FN3O2/c1-17(14-29)27-21-8-6-18(11-19(21)15-33-25-13-20(28)7-9-22(25)27)12-24-23(16-32-2)30-26-5-3-4-10-31(24)26/h3-11,13H,12,15-16H2,1-2H3/b27-17+/i2D3. The third-order valence-electron chi connectivity index (χ3n) is 5.87. The van der Waals surface area contributed by atoms with Gasteiger partial charge in [-0.25, -0.2) is 9.37 Å². The van der Waals surface area contributed by atoms with E-state index in [0.29, 0.717) is 40.2 Å². The van der Waals surface area contributed by atoms with Crippen molar-refractivity contribution in [1.82, 2.24) is 9.38 Å². The number of imidazole rings is 1. The number of halogens is 1. The predicted octanol–water partition coefficient (Wildman–Crippen LogP) is 5.45. The number of nitriles is 1. The van der Waals surface area contributed by atoms with Crippen LogP contribution in [0.15, 0.2) is 66.4 Å². The molecular formula is C27H22FN3O2. The van der Waals surface area contributed by atoms with Crippen LogP contribution in [0.1, 0.15) is 44.7 Å². The zero-order valence-corrected chi connectivity index (χ0v) is 17.9. The summed E-state index contributed by atoms with van der Waals surface area (Å²) in [5, 5.41) is 9.66. The minimum absolute atomic E-state index is 0.142. The SMILES string of the molecule is [2H]C([2H])([2H])OCc1nc2ccccn2c1Cc1ccc2c(c1)COc1cc(F)ccc1/C2=C(\C)C#N. The number of benzene rings is 2. The van der Waals surface area contributed by atoms with E-state index in [9.17, 15) is 9.65 Å². The van der Waals surface area contributed by atoms with Crippen LogP contribution in [0, 0.1) is 17.1 Å². The van der Waals surface area contributed by atoms with Crippen molar-refractivity contribution in [2.24, 2.45) is 0 Å². The minimum atomic E-state index is -2.52. The second kappa shape index (κ2) is 8.53. The maximum atomic E-state index is 13.9. The molecule has 0 atom stereocenters. The summed E-state index contributed by atoms with van der Waals surface area (Å²) in [4.78, 5) is 4.58. The van der Waals surface area contributed by atoms with E-state index in [2.05, 4.69) is 11.1 Å². The normalized spacial score (nSPS) is 15.8. The van der Waals surface area contributed by atoms with E-state index in [1.807, 2.05) is 47.0 Å². The highest BCUT2D eigenvalue weighted by Crippen LogP contribution is 2.39. The van der Waals surface area contributed by atoms with Crippen LogP contribution in [-0.4, -0.2) is 16.4 Å². The second-order valence-electron chi connectivity index (χ2n) is 7.93. The van der Waals surface area contributed by atoms with Crippen molar-refractivity contribution in [3.05, 3.63) is 106 Å². The van der Waals surface area contributed by atoms with Crippen molar-refractivity contribution in [3.8, 4) is 11.8 Å². The lowest BCUT2D eigenvalue weighted by atomic mass is 9.89. The van der Waals surface area contributed by atoms with Crippen molar-refractivity contribution in [2.75, 3.05) is 7.04 Å². The number of pyridine rings is 1. The molecule has 0 amide bonds. The first-order chi connectivity index (χ1) is 17.2. The van der Waals surface area contributed by atoms with Gasteiger partial charge in [0.05, 0.1) is 28.2 Å². The van der Waals surface area contributed by atoms with Gasteiger partial charge in [-0.3, -0.25) is 0 Å². The van der Waals surface area contributed by atoms with E-state index in [1.54, 1.807) is 13.0 Å². The number of fused-ring (bicyclic) bond motifs is 3. The Bertz CT molecular complexity index is 1550. The van der Waals surface area contributed by atoms with Crippen LogP contribution < -0.4 is 4.74 Å². The summed E-state index contributed by atoms with van der Waals surface area (Å²) in [5.74, 6) is -0.0167. The van der Waals surface area contributed by atoms with E-state index in [0.717, 1.165) is 22.4 Å². The Morgan fingerprint density at radius 1 is 1.24 bits per heavy atom. The van der Waals surface area contributed by atoms with Gasteiger partial charge in [-0.1, -0.05) is 24.3 Å². The largest absolute Gasteiger partial charge is 0.488 e. The number of methoxy groups -OCH3 is 1. The average Bonchev–Trinajstić information content (AvgIpc) is 3.11. The summed E-state index contributed by atoms with van der Waals surface area (Å²) in [6.07, 6.45) is 2.35. The monoisotopic (exact) mass is 442 g/mol. The molecule has 0 saturated carbocycles. The van der Waals surface area contributed by atoms with Crippen molar-refractivity contribution >= 4 is 11.2 Å². The van der Waals surface area contributed by atoms with Gasteiger partial charge in [-0.15, -0.1) is 0 Å². The number of hydrogen-bond acceptors (Lipinski definition) is 4. The highest BCUT2D eigenvalue weighted by Gasteiger charge is 2.23. The van der Waals surface area contributed by atoms with Gasteiger partial charge in [0.15, 0.2) is 0 Å². The molecule has 2 aromatic carbocycles. The molecule has 6 heteroatoms. The van der Waals surface area contributed by atoms with Gasteiger partial charge in [0, 0.05) is 42.4 Å². The predicted molar refractivity (Wildman–Crippen MR) is 123 cm³/mol. The Balaban J connectivity index is 1.56. The molecule has 0 spiro atoms. The van der Waals surface area contributed by atoms with Crippen molar-refractivity contribution in [2.45, 2.75) is 26.6 Å².